The van der Waals surface area contributed by atoms with Crippen molar-refractivity contribution in [3.8, 4) is 0 Å². The Morgan fingerprint density at radius 3 is 1.88 bits per heavy atom. The number of hydrogen-bond donors (Lipinski definition) is 3. The molecule has 0 aromatic heterocycles. The molecule has 0 heterocycles. The lowest BCUT2D eigenvalue weighted by Crippen LogP contribution is -2.20. The van der Waals surface area contributed by atoms with E-state index in [2.05, 4.69) is 31.2 Å². The number of aryl methyl sites for hydroxylation is 2. The normalized spacial score (nSPS) is 13.8. The van der Waals surface area contributed by atoms with E-state index in [1.54, 1.807) is 0 Å². The van der Waals surface area contributed by atoms with Crippen molar-refractivity contribution >= 4 is 17.7 Å². The summed E-state index contributed by atoms with van der Waals surface area (Å²) in [5.41, 5.74) is 2.65. The number of benzene rings is 1. The minimum atomic E-state index is -4.85. The summed E-state index contributed by atoms with van der Waals surface area (Å²) in [6.07, 6.45) is 6.91. The van der Waals surface area contributed by atoms with Crippen LogP contribution in [0.3, 0.4) is 0 Å². The van der Waals surface area contributed by atoms with Gasteiger partial charge in [-0.05, 0) is 36.8 Å². The SMILES string of the molecule is CCCc1ccc(CCCCCCCC(P(=O)(O)O)S(=O)(=O)O)cc1. The van der Waals surface area contributed by atoms with Crippen molar-refractivity contribution < 1.29 is 27.3 Å². The van der Waals surface area contributed by atoms with Gasteiger partial charge in [-0.2, -0.15) is 8.42 Å². The molecule has 25 heavy (non-hydrogen) atoms. The van der Waals surface area contributed by atoms with Gasteiger partial charge in [0.1, 0.15) is 0 Å². The van der Waals surface area contributed by atoms with Crippen LogP contribution in [0.4, 0.5) is 0 Å². The summed E-state index contributed by atoms with van der Waals surface area (Å²) < 4.78 is 42.1. The molecule has 0 amide bonds. The molecule has 8 heteroatoms. The van der Waals surface area contributed by atoms with Crippen LogP contribution < -0.4 is 0 Å². The first-order chi connectivity index (χ1) is 11.6. The highest BCUT2D eigenvalue weighted by Gasteiger charge is 2.38. The summed E-state index contributed by atoms with van der Waals surface area (Å²) in [6.45, 7) is 2.16. The van der Waals surface area contributed by atoms with Crippen LogP contribution in [0.15, 0.2) is 24.3 Å². The molecule has 0 aliphatic carbocycles. The molecule has 0 spiro atoms. The smallest absolute Gasteiger partial charge is 0.323 e. The van der Waals surface area contributed by atoms with Crippen molar-refractivity contribution in [1.82, 2.24) is 0 Å². The maximum absolute atomic E-state index is 11.1. The molecule has 144 valence electrons. The lowest BCUT2D eigenvalue weighted by Gasteiger charge is -2.14. The van der Waals surface area contributed by atoms with E-state index < -0.39 is 22.7 Å². The van der Waals surface area contributed by atoms with Gasteiger partial charge in [0.15, 0.2) is 4.99 Å². The number of unbranched alkanes of at least 4 members (excludes halogenated alkanes) is 4. The standard InChI is InChI=1S/C17H29O6PS/c1-2-8-15-11-13-16(14-12-15)9-6-4-3-5-7-10-17(24(18,19)20)25(21,22)23/h11-14,17H,2-10H2,1H3,(H2,18,19,20)(H,21,22,23). The van der Waals surface area contributed by atoms with Crippen molar-refractivity contribution in [3.05, 3.63) is 35.4 Å². The summed E-state index contributed by atoms with van der Waals surface area (Å²) in [5.74, 6) is 0. The highest BCUT2D eigenvalue weighted by molar-refractivity contribution is 7.93. The lowest BCUT2D eigenvalue weighted by molar-refractivity contribution is 0.359. The van der Waals surface area contributed by atoms with Gasteiger partial charge in [0.05, 0.1) is 0 Å². The topological polar surface area (TPSA) is 112 Å². The van der Waals surface area contributed by atoms with E-state index in [0.29, 0.717) is 12.8 Å². The number of rotatable bonds is 12. The van der Waals surface area contributed by atoms with E-state index in [1.165, 1.54) is 11.1 Å². The first kappa shape index (κ1) is 22.3. The zero-order chi connectivity index (χ0) is 18.9. The molecule has 3 N–H and O–H groups in total. The largest absolute Gasteiger partial charge is 0.346 e. The Morgan fingerprint density at radius 2 is 1.40 bits per heavy atom. The van der Waals surface area contributed by atoms with Gasteiger partial charge in [0.2, 0.25) is 0 Å². The highest BCUT2D eigenvalue weighted by Crippen LogP contribution is 2.46. The van der Waals surface area contributed by atoms with Crippen LogP contribution in [0.25, 0.3) is 0 Å². The average Bonchev–Trinajstić information content (AvgIpc) is 2.49. The maximum atomic E-state index is 11.1. The Balaban J connectivity index is 2.22. The molecular weight excluding hydrogens is 363 g/mol. The fourth-order valence-corrected chi connectivity index (χ4v) is 5.20. The van der Waals surface area contributed by atoms with Crippen LogP contribution in [0.2, 0.25) is 0 Å². The van der Waals surface area contributed by atoms with Gasteiger partial charge in [0.25, 0.3) is 10.1 Å². The summed E-state index contributed by atoms with van der Waals surface area (Å²) in [7, 11) is -9.57. The Morgan fingerprint density at radius 1 is 0.920 bits per heavy atom. The van der Waals surface area contributed by atoms with Crippen LogP contribution in [-0.4, -0.2) is 27.7 Å². The molecule has 0 bridgehead atoms. The van der Waals surface area contributed by atoms with Crippen molar-refractivity contribution in [2.75, 3.05) is 0 Å². The van der Waals surface area contributed by atoms with Gasteiger partial charge in [-0.1, -0.05) is 63.3 Å². The fourth-order valence-electron chi connectivity index (χ4n) is 2.83. The van der Waals surface area contributed by atoms with Crippen LogP contribution in [0.5, 0.6) is 0 Å². The molecule has 6 nitrogen and oxygen atoms in total. The molecule has 1 aromatic carbocycles. The van der Waals surface area contributed by atoms with E-state index >= 15 is 0 Å². The lowest BCUT2D eigenvalue weighted by atomic mass is 10.0. The zero-order valence-electron chi connectivity index (χ0n) is 14.7. The Bertz CT molecular complexity index is 650. The second kappa shape index (κ2) is 10.4. The van der Waals surface area contributed by atoms with Crippen LogP contribution in [0.1, 0.15) is 63.0 Å². The molecule has 0 saturated carbocycles. The molecule has 0 saturated heterocycles. The van der Waals surface area contributed by atoms with Crippen molar-refractivity contribution in [2.45, 2.75) is 69.7 Å². The van der Waals surface area contributed by atoms with Gasteiger partial charge < -0.3 is 9.79 Å². The van der Waals surface area contributed by atoms with E-state index in [4.69, 9.17) is 14.3 Å². The quantitative estimate of drug-likeness (QED) is 0.282. The second-order valence-corrected chi connectivity index (χ2v) is 10.2. The molecule has 0 aliphatic rings. The first-order valence-corrected chi connectivity index (χ1v) is 11.9. The van der Waals surface area contributed by atoms with Crippen molar-refractivity contribution in [2.24, 2.45) is 0 Å². The van der Waals surface area contributed by atoms with Gasteiger partial charge >= 0.3 is 7.60 Å². The molecule has 1 atom stereocenters. The Labute approximate surface area is 150 Å². The van der Waals surface area contributed by atoms with Gasteiger partial charge in [0, 0.05) is 0 Å². The summed E-state index contributed by atoms with van der Waals surface area (Å²) in [5, 5.41) is 0. The van der Waals surface area contributed by atoms with E-state index in [-0.39, 0.29) is 6.42 Å². The molecule has 0 aliphatic heterocycles. The van der Waals surface area contributed by atoms with Crippen LogP contribution in [-0.2, 0) is 27.5 Å². The first-order valence-electron chi connectivity index (χ1n) is 8.74. The molecule has 0 radical (unpaired) electrons. The average molecular weight is 392 g/mol. The predicted octanol–water partition coefficient (Wildman–Crippen LogP) is 3.91. The predicted molar refractivity (Wildman–Crippen MR) is 99.2 cm³/mol. The van der Waals surface area contributed by atoms with E-state index in [1.807, 2.05) is 0 Å². The molecular formula is C17H29O6PS. The highest BCUT2D eigenvalue weighted by atomic mass is 32.2. The monoisotopic (exact) mass is 392 g/mol. The minimum absolute atomic E-state index is 0.220. The van der Waals surface area contributed by atoms with Gasteiger partial charge in [-0.15, -0.1) is 0 Å². The number of hydrogen-bond acceptors (Lipinski definition) is 3. The van der Waals surface area contributed by atoms with Crippen molar-refractivity contribution in [1.29, 1.82) is 0 Å². The zero-order valence-corrected chi connectivity index (χ0v) is 16.4. The molecule has 0 fully saturated rings. The summed E-state index contributed by atoms with van der Waals surface area (Å²) >= 11 is 0. The maximum Gasteiger partial charge on any atom is 0.346 e. The fraction of sp³-hybridized carbons (Fsp3) is 0.647. The van der Waals surface area contributed by atoms with Gasteiger partial charge in [-0.3, -0.25) is 9.12 Å². The second-order valence-electron chi connectivity index (χ2n) is 6.43. The third-order valence-electron chi connectivity index (χ3n) is 4.20. The van der Waals surface area contributed by atoms with Gasteiger partial charge in [-0.25, -0.2) is 0 Å². The third-order valence-corrected chi connectivity index (χ3v) is 7.75. The third kappa shape index (κ3) is 8.97. The van der Waals surface area contributed by atoms with E-state index in [9.17, 15) is 13.0 Å². The molecule has 1 aromatic rings. The van der Waals surface area contributed by atoms with Crippen LogP contribution >= 0.6 is 7.60 Å². The minimum Gasteiger partial charge on any atom is -0.323 e. The van der Waals surface area contributed by atoms with Crippen LogP contribution in [0, 0.1) is 0 Å². The Hall–Kier alpha value is -0.720. The summed E-state index contributed by atoms with van der Waals surface area (Å²) in [4.78, 5) is 16.0. The Kier molecular flexibility index (Phi) is 9.32. The van der Waals surface area contributed by atoms with E-state index in [0.717, 1.165) is 38.5 Å². The molecule has 1 unspecified atom stereocenters. The summed E-state index contributed by atoms with van der Waals surface area (Å²) in [6, 6.07) is 8.64. The molecule has 1 rings (SSSR count). The van der Waals surface area contributed by atoms with Crippen molar-refractivity contribution in [3.63, 3.8) is 0 Å².